The molecular formula is C36H38N2O6. The van der Waals surface area contributed by atoms with Crippen LogP contribution in [0.15, 0.2) is 72.8 Å². The monoisotopic (exact) mass is 594 g/mol. The van der Waals surface area contributed by atoms with E-state index in [0.29, 0.717) is 22.3 Å². The van der Waals surface area contributed by atoms with E-state index in [1.165, 1.54) is 23.8 Å². The van der Waals surface area contributed by atoms with Crippen LogP contribution in [0.4, 0.5) is 11.4 Å². The highest BCUT2D eigenvalue weighted by Crippen LogP contribution is 2.38. The Balaban J connectivity index is 1.57. The Morgan fingerprint density at radius 1 is 0.705 bits per heavy atom. The minimum absolute atomic E-state index is 0.0669. The number of aromatic hydroxyl groups is 2. The van der Waals surface area contributed by atoms with Gasteiger partial charge >= 0.3 is 5.97 Å². The lowest BCUT2D eigenvalue weighted by Crippen LogP contribution is -2.21. The quantitative estimate of drug-likeness (QED) is 0.119. The number of nitrogens with one attached hydrogen (secondary N) is 2. The van der Waals surface area contributed by atoms with Crippen LogP contribution >= 0.6 is 0 Å². The Labute approximate surface area is 257 Å². The van der Waals surface area contributed by atoms with Crippen molar-refractivity contribution in [2.24, 2.45) is 0 Å². The topological polar surface area (TPSA) is 125 Å². The second kappa shape index (κ2) is 13.0. The molecule has 0 heterocycles. The van der Waals surface area contributed by atoms with Crippen LogP contribution in [0.5, 0.6) is 11.5 Å². The van der Waals surface area contributed by atoms with Gasteiger partial charge < -0.3 is 25.6 Å². The van der Waals surface area contributed by atoms with Crippen molar-refractivity contribution in [3.8, 4) is 11.5 Å². The molecule has 0 radical (unpaired) electrons. The molecule has 0 atom stereocenters. The number of hydrogen-bond donors (Lipinski definition) is 4. The summed E-state index contributed by atoms with van der Waals surface area (Å²) in [5.74, 6) is -1.42. The molecule has 8 nitrogen and oxygen atoms in total. The Hall–Kier alpha value is -5.11. The maximum atomic E-state index is 13.1. The third kappa shape index (κ3) is 6.75. The first-order valence-corrected chi connectivity index (χ1v) is 14.5. The van der Waals surface area contributed by atoms with Crippen LogP contribution in [0.2, 0.25) is 0 Å². The average Bonchev–Trinajstić information content (AvgIpc) is 2.99. The van der Waals surface area contributed by atoms with Gasteiger partial charge in [-0.3, -0.25) is 9.59 Å². The van der Waals surface area contributed by atoms with Gasteiger partial charge in [-0.05, 0) is 110 Å². The van der Waals surface area contributed by atoms with E-state index in [-0.39, 0.29) is 35.4 Å². The van der Waals surface area contributed by atoms with Crippen LogP contribution in [0, 0.1) is 13.8 Å². The molecule has 4 N–H and O–H groups in total. The normalized spacial score (nSPS) is 11.1. The number of phenolic OH excluding ortho intramolecular Hbond substituents is 2. The molecule has 0 fully saturated rings. The van der Waals surface area contributed by atoms with Crippen molar-refractivity contribution in [1.82, 2.24) is 0 Å². The Morgan fingerprint density at radius 2 is 1.20 bits per heavy atom. The molecule has 4 aromatic carbocycles. The van der Waals surface area contributed by atoms with Gasteiger partial charge in [0.1, 0.15) is 11.5 Å². The molecule has 0 bridgehead atoms. The van der Waals surface area contributed by atoms with E-state index in [0.717, 1.165) is 23.1 Å². The number of esters is 1. The Bertz CT molecular complexity index is 1740. The minimum atomic E-state index is -0.655. The first kappa shape index (κ1) is 31.8. The number of ether oxygens (including phenoxy) is 1. The van der Waals surface area contributed by atoms with Gasteiger partial charge in [-0.25, -0.2) is 4.79 Å². The third-order valence-electron chi connectivity index (χ3n) is 7.90. The fourth-order valence-corrected chi connectivity index (χ4v) is 5.08. The summed E-state index contributed by atoms with van der Waals surface area (Å²) >= 11 is 0. The highest BCUT2D eigenvalue weighted by atomic mass is 16.5. The van der Waals surface area contributed by atoms with Crippen LogP contribution in [0.3, 0.4) is 0 Å². The highest BCUT2D eigenvalue weighted by molar-refractivity contribution is 6.06. The van der Waals surface area contributed by atoms with Gasteiger partial charge in [0.15, 0.2) is 0 Å². The fraction of sp³-hybridized carbons (Fsp3) is 0.250. The van der Waals surface area contributed by atoms with Gasteiger partial charge in [0.05, 0.1) is 23.5 Å². The van der Waals surface area contributed by atoms with Crippen molar-refractivity contribution < 1.29 is 29.3 Å². The summed E-state index contributed by atoms with van der Waals surface area (Å²) in [7, 11) is 0. The van der Waals surface area contributed by atoms with Crippen molar-refractivity contribution in [3.05, 3.63) is 117 Å². The number of anilines is 2. The molecule has 4 aromatic rings. The summed E-state index contributed by atoms with van der Waals surface area (Å²) in [5, 5.41) is 26.7. The first-order valence-electron chi connectivity index (χ1n) is 14.5. The lowest BCUT2D eigenvalue weighted by atomic mass is 9.77. The van der Waals surface area contributed by atoms with Crippen molar-refractivity contribution in [3.63, 3.8) is 0 Å². The van der Waals surface area contributed by atoms with Gasteiger partial charge in [-0.15, -0.1) is 0 Å². The van der Waals surface area contributed by atoms with E-state index >= 15 is 0 Å². The van der Waals surface area contributed by atoms with Crippen LogP contribution in [-0.4, -0.2) is 34.6 Å². The molecular weight excluding hydrogens is 556 g/mol. The molecule has 8 heteroatoms. The van der Waals surface area contributed by atoms with Gasteiger partial charge in [-0.2, -0.15) is 0 Å². The number of carbonyl (C=O) groups is 3. The zero-order valence-corrected chi connectivity index (χ0v) is 25.9. The lowest BCUT2D eigenvalue weighted by Gasteiger charge is -2.28. The predicted octanol–water partition coefficient (Wildman–Crippen LogP) is 7.28. The maximum absolute atomic E-state index is 13.1. The SMILES string of the molecule is CCOC(=O)c1ccc(C(=O)Nc2cc(C(C)(C)c3ccc(O)c(NC(=O)c4ccc(CC)c(C)c4)c3)ccc2O)cc1C. The average molecular weight is 595 g/mol. The number of phenols is 2. The van der Waals surface area contributed by atoms with E-state index in [9.17, 15) is 24.6 Å². The fourth-order valence-electron chi connectivity index (χ4n) is 5.08. The van der Waals surface area contributed by atoms with E-state index in [1.54, 1.807) is 56.3 Å². The van der Waals surface area contributed by atoms with Crippen molar-refractivity contribution in [2.45, 2.75) is 53.4 Å². The number of hydrogen-bond acceptors (Lipinski definition) is 6. The molecule has 228 valence electrons. The van der Waals surface area contributed by atoms with E-state index < -0.39 is 17.3 Å². The zero-order valence-electron chi connectivity index (χ0n) is 25.9. The second-order valence-electron chi connectivity index (χ2n) is 11.2. The molecule has 0 aliphatic carbocycles. The molecule has 0 unspecified atom stereocenters. The van der Waals surface area contributed by atoms with Crippen LogP contribution in [0.25, 0.3) is 0 Å². The number of carbonyl (C=O) groups excluding carboxylic acids is 3. The van der Waals surface area contributed by atoms with Gasteiger partial charge in [0, 0.05) is 16.5 Å². The third-order valence-corrected chi connectivity index (χ3v) is 7.90. The molecule has 0 aliphatic rings. The predicted molar refractivity (Wildman–Crippen MR) is 172 cm³/mol. The molecule has 0 saturated carbocycles. The van der Waals surface area contributed by atoms with Crippen LogP contribution < -0.4 is 10.6 Å². The Morgan fingerprint density at radius 3 is 1.66 bits per heavy atom. The first-order chi connectivity index (χ1) is 20.8. The van der Waals surface area contributed by atoms with Crippen molar-refractivity contribution in [1.29, 1.82) is 0 Å². The molecule has 2 amide bonds. The van der Waals surface area contributed by atoms with Crippen molar-refractivity contribution in [2.75, 3.05) is 17.2 Å². The summed E-state index contributed by atoms with van der Waals surface area (Å²) in [5.41, 5.74) is 5.37. The van der Waals surface area contributed by atoms with E-state index in [1.807, 2.05) is 32.9 Å². The highest BCUT2D eigenvalue weighted by Gasteiger charge is 2.26. The smallest absolute Gasteiger partial charge is 0.338 e. The zero-order chi connectivity index (χ0) is 32.2. The lowest BCUT2D eigenvalue weighted by molar-refractivity contribution is 0.0525. The summed E-state index contributed by atoms with van der Waals surface area (Å²) < 4.78 is 5.06. The summed E-state index contributed by atoms with van der Waals surface area (Å²) in [4.78, 5) is 38.3. The minimum Gasteiger partial charge on any atom is -0.506 e. The molecule has 0 aromatic heterocycles. The van der Waals surface area contributed by atoms with Gasteiger partial charge in [0.25, 0.3) is 11.8 Å². The van der Waals surface area contributed by atoms with Crippen LogP contribution in [0.1, 0.15) is 86.6 Å². The Kier molecular flexibility index (Phi) is 9.43. The number of rotatable bonds is 9. The number of aryl methyl sites for hydroxylation is 3. The maximum Gasteiger partial charge on any atom is 0.338 e. The summed E-state index contributed by atoms with van der Waals surface area (Å²) in [6, 6.07) is 20.2. The standard InChI is InChI=1S/C36H38N2O6/c1-7-23-9-10-24(17-21(23)3)33(41)37-29-19-26(12-15-31(29)39)36(5,6)27-13-16-32(40)30(20-27)38-34(42)25-11-14-28(22(4)18-25)35(43)44-8-2/h9-20,39-40H,7-8H2,1-6H3,(H,37,41)(H,38,42). The molecule has 0 spiro atoms. The van der Waals surface area contributed by atoms with Crippen LogP contribution in [-0.2, 0) is 16.6 Å². The molecule has 0 saturated heterocycles. The number of benzene rings is 4. The largest absolute Gasteiger partial charge is 0.506 e. The van der Waals surface area contributed by atoms with E-state index in [2.05, 4.69) is 17.6 Å². The van der Waals surface area contributed by atoms with E-state index in [4.69, 9.17) is 4.74 Å². The summed E-state index contributed by atoms with van der Waals surface area (Å²) in [6.45, 7) is 11.7. The van der Waals surface area contributed by atoms with Gasteiger partial charge in [0.2, 0.25) is 0 Å². The molecule has 4 rings (SSSR count). The van der Waals surface area contributed by atoms with Gasteiger partial charge in [-0.1, -0.05) is 39.0 Å². The summed E-state index contributed by atoms with van der Waals surface area (Å²) in [6.07, 6.45) is 0.873. The second-order valence-corrected chi connectivity index (χ2v) is 11.2. The molecule has 44 heavy (non-hydrogen) atoms. The van der Waals surface area contributed by atoms with Crippen molar-refractivity contribution >= 4 is 29.2 Å². The number of amides is 2. The molecule has 0 aliphatic heterocycles.